The molecule has 3 rings (SSSR count). The van der Waals surface area contributed by atoms with Gasteiger partial charge in [0.2, 0.25) is 5.78 Å². The van der Waals surface area contributed by atoms with Crippen LogP contribution in [0.4, 0.5) is 10.1 Å². The summed E-state index contributed by atoms with van der Waals surface area (Å²) in [6.07, 6.45) is 0. The van der Waals surface area contributed by atoms with Crippen molar-refractivity contribution in [2.75, 3.05) is 5.32 Å². The third-order valence-electron chi connectivity index (χ3n) is 3.35. The third-order valence-corrected chi connectivity index (χ3v) is 4.07. The summed E-state index contributed by atoms with van der Waals surface area (Å²) < 4.78 is 15.2. The second-order valence-electron chi connectivity index (χ2n) is 4.62. The average molecular weight is 324 g/mol. The number of carbonyl (C=O) groups excluding carboxylic acids is 2. The summed E-state index contributed by atoms with van der Waals surface area (Å²) in [6.45, 7) is 0. The first-order valence-corrected chi connectivity index (χ1v) is 6.80. The topological polar surface area (TPSA) is 46.2 Å². The number of halogens is 3. The van der Waals surface area contributed by atoms with E-state index in [0.717, 1.165) is 0 Å². The molecule has 0 saturated carbocycles. The molecule has 0 aliphatic carbocycles. The molecule has 0 radical (unpaired) electrons. The molecule has 1 aliphatic heterocycles. The SMILES string of the molecule is O=C1Nc2cc(Cl)c(Cl)cc2C(=O)[C@@]1(F)c1ccccc1. The zero-order valence-corrected chi connectivity index (χ0v) is 12.0. The highest BCUT2D eigenvalue weighted by molar-refractivity contribution is 6.43. The number of carbonyl (C=O) groups is 2. The van der Waals surface area contributed by atoms with Crippen molar-refractivity contribution in [2.24, 2.45) is 0 Å². The summed E-state index contributed by atoms with van der Waals surface area (Å²) in [6, 6.07) is 10.2. The minimum atomic E-state index is -2.77. The van der Waals surface area contributed by atoms with Crippen molar-refractivity contribution in [3.63, 3.8) is 0 Å². The molecule has 2 aromatic rings. The van der Waals surface area contributed by atoms with E-state index in [-0.39, 0.29) is 26.9 Å². The number of nitrogens with one attached hydrogen (secondary N) is 1. The Morgan fingerprint density at radius 3 is 2.29 bits per heavy atom. The molecular weight excluding hydrogens is 316 g/mol. The van der Waals surface area contributed by atoms with E-state index < -0.39 is 17.4 Å². The Labute approximate surface area is 129 Å². The smallest absolute Gasteiger partial charge is 0.275 e. The molecule has 3 nitrogen and oxygen atoms in total. The van der Waals surface area contributed by atoms with Crippen LogP contribution in [-0.2, 0) is 10.5 Å². The molecule has 1 amide bonds. The first kappa shape index (κ1) is 14.0. The lowest BCUT2D eigenvalue weighted by molar-refractivity contribution is -0.125. The van der Waals surface area contributed by atoms with E-state index in [1.807, 2.05) is 0 Å². The van der Waals surface area contributed by atoms with Crippen LogP contribution in [0.25, 0.3) is 0 Å². The Balaban J connectivity index is 2.20. The molecule has 1 heterocycles. The number of alkyl halides is 1. The van der Waals surface area contributed by atoms with Gasteiger partial charge in [0.1, 0.15) is 0 Å². The van der Waals surface area contributed by atoms with Crippen LogP contribution in [0.2, 0.25) is 10.0 Å². The average Bonchev–Trinajstić information content (AvgIpc) is 2.48. The molecule has 0 saturated heterocycles. The van der Waals surface area contributed by atoms with E-state index >= 15 is 4.39 Å². The van der Waals surface area contributed by atoms with Gasteiger partial charge in [0.15, 0.2) is 0 Å². The Hall–Kier alpha value is -1.91. The van der Waals surface area contributed by atoms with Crippen LogP contribution in [0, 0.1) is 0 Å². The molecule has 0 unspecified atom stereocenters. The van der Waals surface area contributed by atoms with Gasteiger partial charge in [0, 0.05) is 11.1 Å². The Bertz CT molecular complexity index is 764. The van der Waals surface area contributed by atoms with Gasteiger partial charge in [-0.15, -0.1) is 0 Å². The van der Waals surface area contributed by atoms with Gasteiger partial charge in [0.05, 0.1) is 15.7 Å². The van der Waals surface area contributed by atoms with Crippen LogP contribution in [-0.4, -0.2) is 11.7 Å². The monoisotopic (exact) mass is 323 g/mol. The number of fused-ring (bicyclic) bond motifs is 1. The lowest BCUT2D eigenvalue weighted by atomic mass is 9.83. The van der Waals surface area contributed by atoms with Crippen LogP contribution in [0.3, 0.4) is 0 Å². The first-order chi connectivity index (χ1) is 9.94. The van der Waals surface area contributed by atoms with E-state index in [1.165, 1.54) is 24.3 Å². The summed E-state index contributed by atoms with van der Waals surface area (Å²) in [5.41, 5.74) is -2.64. The maximum Gasteiger partial charge on any atom is 0.275 e. The second-order valence-corrected chi connectivity index (χ2v) is 5.43. The number of benzene rings is 2. The lowest BCUT2D eigenvalue weighted by Crippen LogP contribution is -2.47. The van der Waals surface area contributed by atoms with Gasteiger partial charge >= 0.3 is 0 Å². The maximum atomic E-state index is 15.2. The van der Waals surface area contributed by atoms with Crippen LogP contribution >= 0.6 is 23.2 Å². The molecule has 21 heavy (non-hydrogen) atoms. The van der Waals surface area contributed by atoms with Crippen LogP contribution < -0.4 is 5.32 Å². The molecule has 0 fully saturated rings. The van der Waals surface area contributed by atoms with Crippen LogP contribution in [0.1, 0.15) is 15.9 Å². The Morgan fingerprint density at radius 1 is 1.00 bits per heavy atom. The van der Waals surface area contributed by atoms with Gasteiger partial charge < -0.3 is 5.32 Å². The van der Waals surface area contributed by atoms with Crippen molar-refractivity contribution in [1.82, 2.24) is 0 Å². The molecule has 1 aliphatic rings. The van der Waals surface area contributed by atoms with Crippen molar-refractivity contribution in [2.45, 2.75) is 5.67 Å². The van der Waals surface area contributed by atoms with Crippen molar-refractivity contribution < 1.29 is 14.0 Å². The Kier molecular flexibility index (Phi) is 3.23. The standard InChI is InChI=1S/C15H8Cl2FNO2/c16-10-6-9-12(7-11(10)17)19-14(21)15(18,13(9)20)8-4-2-1-3-5-8/h1-7H,(H,19,21)/t15-/m0/s1. The molecule has 1 atom stereocenters. The highest BCUT2D eigenvalue weighted by Crippen LogP contribution is 2.40. The van der Waals surface area contributed by atoms with Crippen molar-refractivity contribution in [3.8, 4) is 0 Å². The van der Waals surface area contributed by atoms with E-state index in [9.17, 15) is 9.59 Å². The second kappa shape index (κ2) is 4.83. The molecular formula is C15H8Cl2FNO2. The van der Waals surface area contributed by atoms with Crippen molar-refractivity contribution in [1.29, 1.82) is 0 Å². The maximum absolute atomic E-state index is 15.2. The number of hydrogen-bond acceptors (Lipinski definition) is 2. The first-order valence-electron chi connectivity index (χ1n) is 6.04. The zero-order chi connectivity index (χ0) is 15.2. The van der Waals surface area contributed by atoms with E-state index in [4.69, 9.17) is 23.2 Å². The van der Waals surface area contributed by atoms with E-state index in [2.05, 4.69) is 5.32 Å². The van der Waals surface area contributed by atoms with Crippen LogP contribution in [0.15, 0.2) is 42.5 Å². The van der Waals surface area contributed by atoms with Gasteiger partial charge in [-0.05, 0) is 12.1 Å². The molecule has 106 valence electrons. The molecule has 1 N–H and O–H groups in total. The molecule has 0 aromatic heterocycles. The van der Waals surface area contributed by atoms with Gasteiger partial charge in [-0.3, -0.25) is 9.59 Å². The summed E-state index contributed by atoms with van der Waals surface area (Å²) in [7, 11) is 0. The number of amides is 1. The minimum absolute atomic E-state index is 0.00430. The molecule has 0 spiro atoms. The Morgan fingerprint density at radius 2 is 1.62 bits per heavy atom. The highest BCUT2D eigenvalue weighted by Gasteiger charge is 2.52. The minimum Gasteiger partial charge on any atom is -0.322 e. The fraction of sp³-hybridized carbons (Fsp3) is 0.0667. The van der Waals surface area contributed by atoms with Crippen molar-refractivity contribution >= 4 is 40.6 Å². The van der Waals surface area contributed by atoms with Crippen LogP contribution in [0.5, 0.6) is 0 Å². The number of ketones is 1. The van der Waals surface area contributed by atoms with Gasteiger partial charge in [0.25, 0.3) is 11.6 Å². The van der Waals surface area contributed by atoms with E-state index in [0.29, 0.717) is 0 Å². The predicted octanol–water partition coefficient (Wildman–Crippen LogP) is 3.99. The summed E-state index contributed by atoms with van der Waals surface area (Å²) in [5.74, 6) is -1.99. The summed E-state index contributed by atoms with van der Waals surface area (Å²) in [5, 5.41) is 2.67. The largest absolute Gasteiger partial charge is 0.322 e. The molecule has 6 heteroatoms. The zero-order valence-electron chi connectivity index (χ0n) is 10.5. The van der Waals surface area contributed by atoms with Gasteiger partial charge in [-0.25, -0.2) is 4.39 Å². The number of rotatable bonds is 1. The fourth-order valence-electron chi connectivity index (χ4n) is 2.27. The quantitative estimate of drug-likeness (QED) is 0.806. The number of Topliss-reactive ketones (excluding diaryl/α,β-unsaturated/α-hetero) is 1. The van der Waals surface area contributed by atoms with Gasteiger partial charge in [-0.2, -0.15) is 0 Å². The van der Waals surface area contributed by atoms with Crippen molar-refractivity contribution in [3.05, 3.63) is 63.6 Å². The van der Waals surface area contributed by atoms with E-state index in [1.54, 1.807) is 18.2 Å². The summed E-state index contributed by atoms with van der Waals surface area (Å²) in [4.78, 5) is 24.6. The molecule has 0 bridgehead atoms. The predicted molar refractivity (Wildman–Crippen MR) is 78.7 cm³/mol. The third kappa shape index (κ3) is 2.03. The highest BCUT2D eigenvalue weighted by atomic mass is 35.5. The molecule has 2 aromatic carbocycles. The fourth-order valence-corrected chi connectivity index (χ4v) is 2.59. The number of hydrogen-bond donors (Lipinski definition) is 1. The normalized spacial score (nSPS) is 20.9. The number of anilines is 1. The van der Waals surface area contributed by atoms with Gasteiger partial charge in [-0.1, -0.05) is 53.5 Å². The lowest BCUT2D eigenvalue weighted by Gasteiger charge is -2.29. The summed E-state index contributed by atoms with van der Waals surface area (Å²) >= 11 is 11.7.